The minimum Gasteiger partial charge on any atom is -0.391 e. The van der Waals surface area contributed by atoms with Gasteiger partial charge in [0.2, 0.25) is 17.8 Å². The minimum atomic E-state index is -0.409. The SMILES string of the molecule is NC(=O)C1CCC(n2c(Nc3c(Cl)cccc3Cl)nc3cnc(N[C@@H]4CCC[C@H]4O)nc32)CC1. The van der Waals surface area contributed by atoms with Crippen LogP contribution in [-0.4, -0.2) is 42.7 Å². The molecule has 0 unspecified atom stereocenters. The van der Waals surface area contributed by atoms with Crippen LogP contribution in [0.1, 0.15) is 51.0 Å². The number of halogens is 2. The van der Waals surface area contributed by atoms with E-state index in [1.807, 2.05) is 4.57 Å². The topological polar surface area (TPSA) is 131 Å². The van der Waals surface area contributed by atoms with Crippen molar-refractivity contribution < 1.29 is 9.90 Å². The van der Waals surface area contributed by atoms with Gasteiger partial charge in [-0.05, 0) is 57.1 Å². The van der Waals surface area contributed by atoms with Crippen molar-refractivity contribution in [1.82, 2.24) is 19.5 Å². The van der Waals surface area contributed by atoms with E-state index in [1.165, 1.54) is 0 Å². The third kappa shape index (κ3) is 4.52. The molecule has 1 aromatic carbocycles. The first-order chi connectivity index (χ1) is 16.4. The lowest BCUT2D eigenvalue weighted by Gasteiger charge is -2.29. The van der Waals surface area contributed by atoms with Crippen LogP contribution in [0.4, 0.5) is 17.6 Å². The standard InChI is InChI=1S/C23H27Cl2N7O2/c24-14-3-1-4-15(25)19(14)30-23-29-17-11-27-22(28-16-5-2-6-18(16)33)31-21(17)32(23)13-9-7-12(8-10-13)20(26)34/h1,3-4,11-13,16,18,33H,2,5-10H2,(H2,26,34)(H,29,30)(H,27,28,31)/t12?,13?,16-,18-/m1/s1. The molecule has 34 heavy (non-hydrogen) atoms. The molecule has 0 radical (unpaired) electrons. The van der Waals surface area contributed by atoms with E-state index in [0.717, 1.165) is 32.1 Å². The van der Waals surface area contributed by atoms with E-state index in [1.54, 1.807) is 24.4 Å². The maximum atomic E-state index is 11.7. The molecule has 1 amide bonds. The van der Waals surface area contributed by atoms with Crippen LogP contribution in [0.2, 0.25) is 10.0 Å². The molecular formula is C23H27Cl2N7O2. The van der Waals surface area contributed by atoms with E-state index in [-0.39, 0.29) is 23.9 Å². The molecular weight excluding hydrogens is 477 g/mol. The number of benzene rings is 1. The Balaban J connectivity index is 1.53. The molecule has 11 heteroatoms. The highest BCUT2D eigenvalue weighted by Crippen LogP contribution is 2.39. The van der Waals surface area contributed by atoms with Crippen molar-refractivity contribution in [2.75, 3.05) is 10.6 Å². The monoisotopic (exact) mass is 503 g/mol. The van der Waals surface area contributed by atoms with Crippen LogP contribution in [0.15, 0.2) is 24.4 Å². The van der Waals surface area contributed by atoms with Gasteiger partial charge >= 0.3 is 0 Å². The number of carbonyl (C=O) groups excluding carboxylic acids is 1. The Bertz CT molecular complexity index is 1190. The fourth-order valence-electron chi connectivity index (χ4n) is 5.02. The molecule has 0 saturated heterocycles. The van der Waals surface area contributed by atoms with Crippen molar-refractivity contribution in [2.24, 2.45) is 11.7 Å². The Morgan fingerprint density at radius 1 is 1.09 bits per heavy atom. The summed E-state index contributed by atoms with van der Waals surface area (Å²) in [5, 5.41) is 17.7. The summed E-state index contributed by atoms with van der Waals surface area (Å²) in [5.74, 6) is 0.642. The maximum Gasteiger partial charge on any atom is 0.225 e. The highest BCUT2D eigenvalue weighted by atomic mass is 35.5. The Morgan fingerprint density at radius 2 is 1.82 bits per heavy atom. The van der Waals surface area contributed by atoms with Crippen molar-refractivity contribution in [2.45, 2.75) is 63.1 Å². The summed E-state index contributed by atoms with van der Waals surface area (Å²) in [6.45, 7) is 0. The van der Waals surface area contributed by atoms with E-state index < -0.39 is 6.10 Å². The zero-order valence-corrected chi connectivity index (χ0v) is 20.1. The number of aliphatic hydroxyl groups is 1. The molecule has 0 spiro atoms. The number of fused-ring (bicyclic) bond motifs is 1. The third-order valence-electron chi connectivity index (χ3n) is 6.89. The second-order valence-electron chi connectivity index (χ2n) is 9.09. The van der Waals surface area contributed by atoms with Crippen molar-refractivity contribution >= 4 is 57.9 Å². The molecule has 2 aliphatic carbocycles. The lowest BCUT2D eigenvalue weighted by Crippen LogP contribution is -2.29. The number of para-hydroxylation sites is 1. The van der Waals surface area contributed by atoms with Gasteiger partial charge in [-0.15, -0.1) is 0 Å². The number of anilines is 3. The first-order valence-corrected chi connectivity index (χ1v) is 12.4. The van der Waals surface area contributed by atoms with Crippen molar-refractivity contribution in [3.63, 3.8) is 0 Å². The van der Waals surface area contributed by atoms with Gasteiger partial charge in [0.25, 0.3) is 0 Å². The summed E-state index contributed by atoms with van der Waals surface area (Å²) in [7, 11) is 0. The first kappa shape index (κ1) is 23.1. The van der Waals surface area contributed by atoms with Gasteiger partial charge in [-0.3, -0.25) is 9.36 Å². The summed E-state index contributed by atoms with van der Waals surface area (Å²) in [6.07, 6.45) is 6.81. The minimum absolute atomic E-state index is 0.0594. The second-order valence-corrected chi connectivity index (χ2v) is 9.90. The number of aromatic nitrogens is 4. The first-order valence-electron chi connectivity index (χ1n) is 11.6. The van der Waals surface area contributed by atoms with Crippen molar-refractivity contribution in [3.8, 4) is 0 Å². The Kier molecular flexibility index (Phi) is 6.50. The molecule has 2 saturated carbocycles. The average molecular weight is 504 g/mol. The molecule has 5 rings (SSSR count). The molecule has 0 bridgehead atoms. The number of nitrogens with one attached hydrogen (secondary N) is 2. The molecule has 2 atom stereocenters. The van der Waals surface area contributed by atoms with Crippen LogP contribution in [0.5, 0.6) is 0 Å². The maximum absolute atomic E-state index is 11.7. The van der Waals surface area contributed by atoms with Crippen LogP contribution in [0.25, 0.3) is 11.2 Å². The van der Waals surface area contributed by atoms with E-state index in [2.05, 4.69) is 15.6 Å². The summed E-state index contributed by atoms with van der Waals surface area (Å²) < 4.78 is 2.05. The molecule has 2 fully saturated rings. The zero-order chi connectivity index (χ0) is 23.8. The van der Waals surface area contributed by atoms with E-state index in [0.29, 0.717) is 51.6 Å². The van der Waals surface area contributed by atoms with Gasteiger partial charge in [-0.25, -0.2) is 9.97 Å². The van der Waals surface area contributed by atoms with Gasteiger partial charge in [0, 0.05) is 12.0 Å². The molecule has 2 heterocycles. The Morgan fingerprint density at radius 3 is 2.47 bits per heavy atom. The van der Waals surface area contributed by atoms with E-state index in [4.69, 9.17) is 38.9 Å². The molecule has 5 N–H and O–H groups in total. The summed E-state index contributed by atoms with van der Waals surface area (Å²) in [4.78, 5) is 25.6. The smallest absolute Gasteiger partial charge is 0.225 e. The van der Waals surface area contributed by atoms with Gasteiger partial charge < -0.3 is 21.5 Å². The van der Waals surface area contributed by atoms with Crippen molar-refractivity contribution in [3.05, 3.63) is 34.4 Å². The number of carbonyl (C=O) groups is 1. The highest BCUT2D eigenvalue weighted by Gasteiger charge is 2.30. The van der Waals surface area contributed by atoms with Gasteiger partial charge in [-0.2, -0.15) is 4.98 Å². The number of nitrogens with zero attached hydrogens (tertiary/aromatic N) is 4. The number of imidazole rings is 1. The van der Waals surface area contributed by atoms with Gasteiger partial charge in [-0.1, -0.05) is 29.3 Å². The molecule has 2 aliphatic rings. The molecule has 9 nitrogen and oxygen atoms in total. The lowest BCUT2D eigenvalue weighted by molar-refractivity contribution is -0.122. The fourth-order valence-corrected chi connectivity index (χ4v) is 5.51. The number of nitrogens with two attached hydrogens (primary N) is 1. The molecule has 0 aliphatic heterocycles. The number of amides is 1. The largest absolute Gasteiger partial charge is 0.391 e. The number of hydrogen-bond donors (Lipinski definition) is 4. The summed E-state index contributed by atoms with van der Waals surface area (Å²) in [6, 6.07) is 5.29. The molecule has 180 valence electrons. The molecule has 3 aromatic rings. The van der Waals surface area contributed by atoms with Crippen LogP contribution in [0, 0.1) is 5.92 Å². The van der Waals surface area contributed by atoms with Gasteiger partial charge in [0.1, 0.15) is 5.52 Å². The summed E-state index contributed by atoms with van der Waals surface area (Å²) in [5.41, 5.74) is 7.40. The van der Waals surface area contributed by atoms with E-state index >= 15 is 0 Å². The van der Waals surface area contributed by atoms with Crippen molar-refractivity contribution in [1.29, 1.82) is 0 Å². The summed E-state index contributed by atoms with van der Waals surface area (Å²) >= 11 is 12.8. The van der Waals surface area contributed by atoms with Crippen LogP contribution in [0.3, 0.4) is 0 Å². The van der Waals surface area contributed by atoms with Gasteiger partial charge in [0.05, 0.1) is 34.1 Å². The average Bonchev–Trinajstić information content (AvgIpc) is 3.39. The lowest BCUT2D eigenvalue weighted by atomic mass is 9.85. The normalized spacial score (nSPS) is 24.9. The predicted octanol–water partition coefficient (Wildman–Crippen LogP) is 4.42. The fraction of sp³-hybridized carbons (Fsp3) is 0.478. The van der Waals surface area contributed by atoms with Crippen LogP contribution >= 0.6 is 23.2 Å². The zero-order valence-electron chi connectivity index (χ0n) is 18.5. The second kappa shape index (κ2) is 9.56. The van der Waals surface area contributed by atoms with E-state index in [9.17, 15) is 9.90 Å². The Labute approximate surface area is 207 Å². The quantitative estimate of drug-likeness (QED) is 0.391. The number of aliphatic hydroxyl groups excluding tert-OH is 1. The third-order valence-corrected chi connectivity index (χ3v) is 7.52. The van der Waals surface area contributed by atoms with Gasteiger partial charge in [0.15, 0.2) is 5.65 Å². The van der Waals surface area contributed by atoms with Crippen LogP contribution in [-0.2, 0) is 4.79 Å². The number of primary amides is 1. The number of hydrogen-bond acceptors (Lipinski definition) is 7. The number of rotatable bonds is 6. The highest BCUT2D eigenvalue weighted by molar-refractivity contribution is 6.39. The predicted molar refractivity (Wildman–Crippen MR) is 133 cm³/mol. The van der Waals surface area contributed by atoms with Crippen LogP contribution < -0.4 is 16.4 Å². The Hall–Kier alpha value is -2.62. The molecule has 2 aromatic heterocycles.